The summed E-state index contributed by atoms with van der Waals surface area (Å²) in [6, 6.07) is 0.685. The molecular weight excluding hydrogens is 170 g/mol. The number of hydrogen-bond donors (Lipinski definition) is 1. The third kappa shape index (κ3) is 18.4. The molecule has 0 bridgehead atoms. The highest BCUT2D eigenvalue weighted by Crippen LogP contribution is 1.85. The normalized spacial score (nSPS) is 9.31. The van der Waals surface area contributed by atoms with Crippen LogP contribution in [0.3, 0.4) is 0 Å². The van der Waals surface area contributed by atoms with Gasteiger partial charge in [0.1, 0.15) is 0 Å². The van der Waals surface area contributed by atoms with Crippen molar-refractivity contribution in [2.45, 2.75) is 39.2 Å². The lowest BCUT2D eigenvalue weighted by Crippen LogP contribution is -2.60. The first-order valence-electron chi connectivity index (χ1n) is 4.60. The molecule has 0 saturated carbocycles. The van der Waals surface area contributed by atoms with Crippen LogP contribution in [0.1, 0.15) is 33.1 Å². The molecule has 0 fully saturated rings. The molecule has 0 atom stereocenters. The van der Waals surface area contributed by atoms with Crippen LogP contribution in [0, 0.1) is 0 Å². The molecule has 0 unspecified atom stereocenters. The van der Waals surface area contributed by atoms with Crippen molar-refractivity contribution in [3.8, 4) is 0 Å². The highest BCUT2D eigenvalue weighted by molar-refractivity contribution is 5.64. The van der Waals surface area contributed by atoms with Crippen molar-refractivity contribution in [1.82, 2.24) is 0 Å². The number of methoxy groups -OCH3 is 1. The minimum absolute atomic E-state index is 0.0174. The number of carboxylic acids is 1. The number of carboxylic acid groups (broad SMARTS) is 1. The Hall–Kier alpha value is -0.610. The predicted molar refractivity (Wildman–Crippen MR) is 48.8 cm³/mol. The van der Waals surface area contributed by atoms with Gasteiger partial charge in [-0.25, -0.2) is 0 Å². The van der Waals surface area contributed by atoms with E-state index < -0.39 is 5.97 Å². The molecule has 13 heavy (non-hydrogen) atoms. The summed E-state index contributed by atoms with van der Waals surface area (Å²) in [6.07, 6.45) is 2.42. The standard InChI is InChI=1S/C5H13N.C4H8O3/c1-3-5(6)4-2;1-7-3-2-4(5)6/h5H,3-4,6H2,1-2H3;2-3H2,1H3,(H,5,6). The zero-order valence-corrected chi connectivity index (χ0v) is 8.84. The Labute approximate surface area is 80.1 Å². The molecule has 4 nitrogen and oxygen atoms in total. The molecule has 0 aliphatic carbocycles. The first-order chi connectivity index (χ1) is 6.08. The molecule has 0 spiro atoms. The molecule has 4 heteroatoms. The fourth-order valence-corrected chi connectivity index (χ4v) is 0.474. The van der Waals surface area contributed by atoms with Gasteiger partial charge in [-0.3, -0.25) is 0 Å². The Kier molecular flexibility index (Phi) is 13.0. The van der Waals surface area contributed by atoms with Gasteiger partial charge >= 0.3 is 0 Å². The highest BCUT2D eigenvalue weighted by Gasteiger charge is 1.93. The van der Waals surface area contributed by atoms with Gasteiger partial charge in [0.2, 0.25) is 0 Å². The van der Waals surface area contributed by atoms with Gasteiger partial charge in [-0.05, 0) is 12.8 Å². The number of carbonyl (C=O) groups excluding carboxylic acids is 1. The van der Waals surface area contributed by atoms with Gasteiger partial charge < -0.3 is 20.4 Å². The Balaban J connectivity index is 0. The largest absolute Gasteiger partial charge is 0.550 e. The van der Waals surface area contributed by atoms with Crippen molar-refractivity contribution >= 4 is 5.97 Å². The molecule has 80 valence electrons. The minimum atomic E-state index is -1.07. The van der Waals surface area contributed by atoms with Crippen LogP contribution in [0.4, 0.5) is 0 Å². The predicted octanol–water partition coefficient (Wildman–Crippen LogP) is -0.810. The average Bonchev–Trinajstić information content (AvgIpc) is 2.14. The topological polar surface area (TPSA) is 77.0 Å². The molecule has 0 radical (unpaired) electrons. The van der Waals surface area contributed by atoms with E-state index in [0.29, 0.717) is 6.04 Å². The third-order valence-electron chi connectivity index (χ3n) is 1.67. The number of hydrogen-bond acceptors (Lipinski definition) is 3. The maximum absolute atomic E-state index is 9.57. The van der Waals surface area contributed by atoms with Crippen molar-refractivity contribution in [2.24, 2.45) is 0 Å². The number of quaternary nitrogens is 1. The molecule has 0 aliphatic heterocycles. The highest BCUT2D eigenvalue weighted by atomic mass is 16.5. The van der Waals surface area contributed by atoms with Crippen molar-refractivity contribution in [3.63, 3.8) is 0 Å². The molecule has 0 heterocycles. The zero-order valence-electron chi connectivity index (χ0n) is 8.84. The van der Waals surface area contributed by atoms with E-state index >= 15 is 0 Å². The van der Waals surface area contributed by atoms with E-state index in [1.165, 1.54) is 20.0 Å². The van der Waals surface area contributed by atoms with Crippen molar-refractivity contribution in [1.29, 1.82) is 0 Å². The Morgan fingerprint density at radius 2 is 1.92 bits per heavy atom. The fourth-order valence-electron chi connectivity index (χ4n) is 0.474. The van der Waals surface area contributed by atoms with Crippen molar-refractivity contribution in [2.75, 3.05) is 13.7 Å². The molecule has 0 saturated heterocycles. The molecule has 0 aromatic rings. The molecule has 0 aromatic carbocycles. The Bertz CT molecular complexity index is 113. The van der Waals surface area contributed by atoms with E-state index in [-0.39, 0.29) is 13.0 Å². The van der Waals surface area contributed by atoms with Crippen molar-refractivity contribution < 1.29 is 20.4 Å². The second kappa shape index (κ2) is 11.4. The summed E-state index contributed by atoms with van der Waals surface area (Å²) >= 11 is 0. The molecule has 0 aliphatic rings. The van der Waals surface area contributed by atoms with E-state index in [9.17, 15) is 9.90 Å². The van der Waals surface area contributed by atoms with Crippen LogP contribution in [-0.2, 0) is 9.53 Å². The van der Waals surface area contributed by atoms with E-state index in [1.807, 2.05) is 0 Å². The van der Waals surface area contributed by atoms with E-state index in [0.717, 1.165) is 0 Å². The van der Waals surface area contributed by atoms with Gasteiger partial charge in [0.25, 0.3) is 0 Å². The van der Waals surface area contributed by atoms with Gasteiger partial charge in [-0.1, -0.05) is 13.8 Å². The van der Waals surface area contributed by atoms with Crippen molar-refractivity contribution in [3.05, 3.63) is 0 Å². The Morgan fingerprint density at radius 3 is 2.00 bits per heavy atom. The van der Waals surface area contributed by atoms with Crippen LogP contribution in [0.15, 0.2) is 0 Å². The summed E-state index contributed by atoms with van der Waals surface area (Å²) in [7, 11) is 1.45. The van der Waals surface area contributed by atoms with E-state index in [2.05, 4.69) is 24.3 Å². The maximum Gasteiger partial charge on any atom is 0.0838 e. The second-order valence-corrected chi connectivity index (χ2v) is 2.80. The Morgan fingerprint density at radius 1 is 1.46 bits per heavy atom. The molecule has 3 N–H and O–H groups in total. The number of rotatable bonds is 5. The number of aliphatic carboxylic acids is 1. The average molecular weight is 191 g/mol. The lowest BCUT2D eigenvalue weighted by molar-refractivity contribution is -0.420. The first kappa shape index (κ1) is 14.9. The third-order valence-corrected chi connectivity index (χ3v) is 1.67. The summed E-state index contributed by atoms with van der Waals surface area (Å²) in [4.78, 5) is 9.57. The summed E-state index contributed by atoms with van der Waals surface area (Å²) in [5, 5.41) is 9.57. The number of carbonyl (C=O) groups is 1. The first-order valence-corrected chi connectivity index (χ1v) is 4.60. The van der Waals surface area contributed by atoms with Crippen LogP contribution in [0.5, 0.6) is 0 Å². The van der Waals surface area contributed by atoms with Gasteiger partial charge in [0.15, 0.2) is 0 Å². The van der Waals surface area contributed by atoms with Crippen LogP contribution in [0.2, 0.25) is 0 Å². The summed E-state index contributed by atoms with van der Waals surface area (Å²) in [6.45, 7) is 4.57. The SMILES string of the molecule is CCC([NH3+])CC.COCCC(=O)[O-]. The van der Waals surface area contributed by atoms with Gasteiger partial charge in [-0.15, -0.1) is 0 Å². The second-order valence-electron chi connectivity index (χ2n) is 2.80. The van der Waals surface area contributed by atoms with Crippen LogP contribution in [0.25, 0.3) is 0 Å². The number of ether oxygens (including phenoxy) is 1. The van der Waals surface area contributed by atoms with Crippen LogP contribution < -0.4 is 10.8 Å². The van der Waals surface area contributed by atoms with Gasteiger partial charge in [0.05, 0.1) is 12.6 Å². The van der Waals surface area contributed by atoms with Gasteiger partial charge in [0, 0.05) is 19.5 Å². The lowest BCUT2D eigenvalue weighted by atomic mass is 10.2. The molecule has 0 rings (SSSR count). The van der Waals surface area contributed by atoms with Crippen LogP contribution >= 0.6 is 0 Å². The smallest absolute Gasteiger partial charge is 0.0838 e. The summed E-state index contributed by atoms with van der Waals surface area (Å²) in [5.74, 6) is -1.07. The maximum atomic E-state index is 9.57. The monoisotopic (exact) mass is 191 g/mol. The summed E-state index contributed by atoms with van der Waals surface area (Å²) in [5.41, 5.74) is 3.88. The summed E-state index contributed by atoms with van der Waals surface area (Å²) < 4.78 is 4.43. The molecule has 0 aromatic heterocycles. The van der Waals surface area contributed by atoms with Crippen LogP contribution in [-0.4, -0.2) is 25.7 Å². The minimum Gasteiger partial charge on any atom is -0.550 e. The van der Waals surface area contributed by atoms with E-state index in [1.54, 1.807) is 0 Å². The molecule has 0 amide bonds. The fraction of sp³-hybridized carbons (Fsp3) is 0.889. The molecular formula is C9H21NO3. The quantitative estimate of drug-likeness (QED) is 0.617. The zero-order chi connectivity index (χ0) is 10.7. The lowest BCUT2D eigenvalue weighted by Gasteiger charge is -1.96. The van der Waals surface area contributed by atoms with E-state index in [4.69, 9.17) is 0 Å². The van der Waals surface area contributed by atoms with Gasteiger partial charge in [-0.2, -0.15) is 0 Å².